The predicted octanol–water partition coefficient (Wildman–Crippen LogP) is 1.81. The first-order valence-corrected chi connectivity index (χ1v) is 10.1. The van der Waals surface area contributed by atoms with Crippen LogP contribution in [-0.2, 0) is 15.1 Å². The van der Waals surface area contributed by atoms with Crippen LogP contribution in [0.1, 0.15) is 22.8 Å². The van der Waals surface area contributed by atoms with Gasteiger partial charge in [-0.05, 0) is 48.9 Å². The molecule has 2 aromatic rings. The van der Waals surface area contributed by atoms with E-state index in [1.165, 1.54) is 19.1 Å². The first-order chi connectivity index (χ1) is 15.6. The number of methoxy groups -OCH3 is 2. The predicted molar refractivity (Wildman–Crippen MR) is 120 cm³/mol. The van der Waals surface area contributed by atoms with Crippen LogP contribution in [0.5, 0.6) is 11.5 Å². The standard InChI is InChI=1S/C23H26N4O6/c1-23(15-8-11-17(32-4)18(12-15)33-5)21(30)27(22(31)25-23)13-19(28)24-16-9-6-14(7-10-16)20(29)26(2)3/h6-12H,13H2,1-5H3,(H,24,28)(H,25,31)/t23-/m1/s1. The second-order valence-electron chi connectivity index (χ2n) is 7.84. The number of benzene rings is 2. The first-order valence-electron chi connectivity index (χ1n) is 10.1. The first kappa shape index (κ1) is 23.6. The van der Waals surface area contributed by atoms with E-state index in [1.807, 2.05) is 0 Å². The molecule has 33 heavy (non-hydrogen) atoms. The van der Waals surface area contributed by atoms with Gasteiger partial charge in [0.1, 0.15) is 12.1 Å². The molecule has 1 aliphatic heterocycles. The number of hydrogen-bond acceptors (Lipinski definition) is 6. The molecule has 0 saturated carbocycles. The SMILES string of the molecule is COc1ccc([C@@]2(C)NC(=O)N(CC(=O)Nc3ccc(C(=O)N(C)C)cc3)C2=O)cc1OC. The summed E-state index contributed by atoms with van der Waals surface area (Å²) in [7, 11) is 6.26. The second-order valence-corrected chi connectivity index (χ2v) is 7.84. The summed E-state index contributed by atoms with van der Waals surface area (Å²) in [5.74, 6) is -0.396. The molecule has 2 aromatic carbocycles. The zero-order chi connectivity index (χ0) is 24.3. The third-order valence-electron chi connectivity index (χ3n) is 5.36. The largest absolute Gasteiger partial charge is 0.493 e. The third-order valence-corrected chi connectivity index (χ3v) is 5.36. The molecular weight excluding hydrogens is 428 g/mol. The minimum Gasteiger partial charge on any atom is -0.493 e. The fourth-order valence-corrected chi connectivity index (χ4v) is 3.48. The minimum atomic E-state index is -1.37. The number of carbonyl (C=O) groups is 4. The van der Waals surface area contributed by atoms with E-state index in [9.17, 15) is 19.2 Å². The number of hydrogen-bond donors (Lipinski definition) is 2. The number of nitrogens with one attached hydrogen (secondary N) is 2. The van der Waals surface area contributed by atoms with Crippen LogP contribution in [0.15, 0.2) is 42.5 Å². The monoisotopic (exact) mass is 454 g/mol. The van der Waals surface area contributed by atoms with E-state index in [1.54, 1.807) is 63.5 Å². The van der Waals surface area contributed by atoms with Crippen molar-refractivity contribution in [1.82, 2.24) is 15.1 Å². The molecule has 0 spiro atoms. The number of rotatable bonds is 7. The van der Waals surface area contributed by atoms with Crippen molar-refractivity contribution in [2.24, 2.45) is 0 Å². The average molecular weight is 454 g/mol. The van der Waals surface area contributed by atoms with Crippen molar-refractivity contribution in [3.8, 4) is 11.5 Å². The number of ether oxygens (including phenoxy) is 2. The van der Waals surface area contributed by atoms with E-state index < -0.39 is 29.9 Å². The van der Waals surface area contributed by atoms with Crippen LogP contribution in [0, 0.1) is 0 Å². The van der Waals surface area contributed by atoms with Crippen LogP contribution in [0.25, 0.3) is 0 Å². The highest BCUT2D eigenvalue weighted by molar-refractivity contribution is 6.10. The second kappa shape index (κ2) is 9.19. The number of imide groups is 1. The fourth-order valence-electron chi connectivity index (χ4n) is 3.48. The molecule has 1 atom stereocenters. The topological polar surface area (TPSA) is 117 Å². The number of amides is 5. The van der Waals surface area contributed by atoms with Gasteiger partial charge >= 0.3 is 6.03 Å². The summed E-state index contributed by atoms with van der Waals surface area (Å²) in [6.07, 6.45) is 0. The fraction of sp³-hybridized carbons (Fsp3) is 0.304. The van der Waals surface area contributed by atoms with Gasteiger partial charge in [0.25, 0.3) is 11.8 Å². The molecule has 1 saturated heterocycles. The van der Waals surface area contributed by atoms with Gasteiger partial charge in [0.05, 0.1) is 14.2 Å². The smallest absolute Gasteiger partial charge is 0.325 e. The molecule has 10 nitrogen and oxygen atoms in total. The summed E-state index contributed by atoms with van der Waals surface area (Å²) in [4.78, 5) is 52.4. The van der Waals surface area contributed by atoms with Crippen molar-refractivity contribution >= 4 is 29.4 Å². The maximum absolute atomic E-state index is 13.1. The molecular formula is C23H26N4O6. The number of carbonyl (C=O) groups excluding carboxylic acids is 4. The van der Waals surface area contributed by atoms with Gasteiger partial charge in [0.15, 0.2) is 11.5 Å². The highest BCUT2D eigenvalue weighted by Gasteiger charge is 2.49. The summed E-state index contributed by atoms with van der Waals surface area (Å²) in [5.41, 5.74) is 0.0239. The van der Waals surface area contributed by atoms with E-state index in [-0.39, 0.29) is 5.91 Å². The van der Waals surface area contributed by atoms with Crippen molar-refractivity contribution in [2.45, 2.75) is 12.5 Å². The lowest BCUT2D eigenvalue weighted by Gasteiger charge is -2.23. The molecule has 3 rings (SSSR count). The Bertz CT molecular complexity index is 1100. The van der Waals surface area contributed by atoms with Crippen LogP contribution in [0.2, 0.25) is 0 Å². The van der Waals surface area contributed by atoms with E-state index in [2.05, 4.69) is 10.6 Å². The minimum absolute atomic E-state index is 0.165. The molecule has 5 amide bonds. The summed E-state index contributed by atoms with van der Waals surface area (Å²) in [6.45, 7) is 1.10. The lowest BCUT2D eigenvalue weighted by atomic mass is 9.91. The molecule has 1 fully saturated rings. The molecule has 10 heteroatoms. The molecule has 0 bridgehead atoms. The van der Waals surface area contributed by atoms with Crippen molar-refractivity contribution in [3.05, 3.63) is 53.6 Å². The molecule has 0 aliphatic carbocycles. The van der Waals surface area contributed by atoms with Gasteiger partial charge in [0.2, 0.25) is 5.91 Å². The van der Waals surface area contributed by atoms with E-state index in [4.69, 9.17) is 9.47 Å². The van der Waals surface area contributed by atoms with Gasteiger partial charge in [-0.1, -0.05) is 6.07 Å². The Morgan fingerprint density at radius 3 is 2.24 bits per heavy atom. The van der Waals surface area contributed by atoms with Crippen molar-refractivity contribution in [2.75, 3.05) is 40.2 Å². The van der Waals surface area contributed by atoms with Crippen LogP contribution >= 0.6 is 0 Å². The van der Waals surface area contributed by atoms with Crippen molar-refractivity contribution < 1.29 is 28.7 Å². The maximum Gasteiger partial charge on any atom is 0.325 e. The number of nitrogens with zero attached hydrogens (tertiary/aromatic N) is 2. The van der Waals surface area contributed by atoms with Gasteiger partial charge in [-0.25, -0.2) is 4.79 Å². The van der Waals surface area contributed by atoms with Crippen LogP contribution in [-0.4, -0.2) is 68.4 Å². The van der Waals surface area contributed by atoms with Crippen LogP contribution < -0.4 is 20.1 Å². The third kappa shape index (κ3) is 4.59. The Hall–Kier alpha value is -4.08. The summed E-state index contributed by atoms with van der Waals surface area (Å²) in [5, 5.41) is 5.29. The van der Waals surface area contributed by atoms with Crippen LogP contribution in [0.4, 0.5) is 10.5 Å². The van der Waals surface area contributed by atoms with Crippen molar-refractivity contribution in [3.63, 3.8) is 0 Å². The van der Waals surface area contributed by atoms with Gasteiger partial charge in [-0.2, -0.15) is 0 Å². The molecule has 174 valence electrons. The van der Waals surface area contributed by atoms with Gasteiger partial charge in [0, 0.05) is 25.3 Å². The van der Waals surface area contributed by atoms with Crippen LogP contribution in [0.3, 0.4) is 0 Å². The lowest BCUT2D eigenvalue weighted by molar-refractivity contribution is -0.133. The normalized spacial score (nSPS) is 17.4. The van der Waals surface area contributed by atoms with E-state index in [0.717, 1.165) is 4.90 Å². The van der Waals surface area contributed by atoms with Crippen molar-refractivity contribution in [1.29, 1.82) is 0 Å². The lowest BCUT2D eigenvalue weighted by Crippen LogP contribution is -2.42. The highest BCUT2D eigenvalue weighted by atomic mass is 16.5. The van der Waals surface area contributed by atoms with Gasteiger partial charge < -0.3 is 25.0 Å². The van der Waals surface area contributed by atoms with E-state index >= 15 is 0 Å². The molecule has 0 unspecified atom stereocenters. The molecule has 1 aliphatic rings. The summed E-state index contributed by atoms with van der Waals surface area (Å²) < 4.78 is 10.5. The molecule has 0 aromatic heterocycles. The molecule has 1 heterocycles. The van der Waals surface area contributed by atoms with Gasteiger partial charge in [-0.3, -0.25) is 19.3 Å². The zero-order valence-corrected chi connectivity index (χ0v) is 19.1. The maximum atomic E-state index is 13.1. The quantitative estimate of drug-likeness (QED) is 0.617. The Morgan fingerprint density at radius 2 is 1.67 bits per heavy atom. The molecule has 2 N–H and O–H groups in total. The summed E-state index contributed by atoms with van der Waals surface area (Å²) in [6, 6.07) is 10.5. The van der Waals surface area contributed by atoms with Gasteiger partial charge in [-0.15, -0.1) is 0 Å². The Morgan fingerprint density at radius 1 is 1.03 bits per heavy atom. The average Bonchev–Trinajstić information content (AvgIpc) is 3.02. The molecule has 0 radical (unpaired) electrons. The Labute approximate surface area is 191 Å². The Kier molecular flexibility index (Phi) is 6.57. The zero-order valence-electron chi connectivity index (χ0n) is 19.1. The number of urea groups is 1. The van der Waals surface area contributed by atoms with E-state index in [0.29, 0.717) is 28.3 Å². The highest BCUT2D eigenvalue weighted by Crippen LogP contribution is 2.35. The Balaban J connectivity index is 1.72. The number of anilines is 1. The summed E-state index contributed by atoms with van der Waals surface area (Å²) >= 11 is 0.